The molecule has 0 bridgehead atoms. The molecule has 0 amide bonds. The van der Waals surface area contributed by atoms with Gasteiger partial charge in [-0.15, -0.1) is 0 Å². The zero-order valence-corrected chi connectivity index (χ0v) is 19.8. The van der Waals surface area contributed by atoms with E-state index in [4.69, 9.17) is 14.1 Å². The van der Waals surface area contributed by atoms with Crippen molar-refractivity contribution in [2.75, 3.05) is 6.61 Å². The smallest absolute Gasteiger partial charge is 0.338 e. The maximum Gasteiger partial charge on any atom is 0.338 e. The fourth-order valence-electron chi connectivity index (χ4n) is 4.06. The Hall–Kier alpha value is -4.04. The SMILES string of the molecule is CCOC(=O)C1=C(c2ccccc2)N=c2sc(=Cc3ccc(C)o3)c(=O)n2C1c1ccc(F)cc1. The van der Waals surface area contributed by atoms with E-state index < -0.39 is 17.8 Å². The summed E-state index contributed by atoms with van der Waals surface area (Å²) in [6, 6.07) is 17.8. The summed E-state index contributed by atoms with van der Waals surface area (Å²) in [7, 11) is 0. The third-order valence-corrected chi connectivity index (χ3v) is 6.58. The molecule has 6 nitrogen and oxygen atoms in total. The Kier molecular flexibility index (Phi) is 6.05. The number of carbonyl (C=O) groups excluding carboxylic acids is 1. The van der Waals surface area contributed by atoms with Crippen LogP contribution in [0, 0.1) is 12.7 Å². The summed E-state index contributed by atoms with van der Waals surface area (Å²) in [6.45, 7) is 3.70. The van der Waals surface area contributed by atoms with E-state index in [0.717, 1.165) is 5.76 Å². The number of hydrogen-bond acceptors (Lipinski definition) is 6. The van der Waals surface area contributed by atoms with Gasteiger partial charge in [-0.2, -0.15) is 0 Å². The van der Waals surface area contributed by atoms with Gasteiger partial charge in [-0.05, 0) is 43.7 Å². The van der Waals surface area contributed by atoms with Crippen molar-refractivity contribution in [3.63, 3.8) is 0 Å². The summed E-state index contributed by atoms with van der Waals surface area (Å²) in [5, 5.41) is 0. The maximum atomic E-state index is 13.8. The first-order valence-electron chi connectivity index (χ1n) is 11.1. The van der Waals surface area contributed by atoms with E-state index in [1.807, 2.05) is 43.3 Å². The quantitative estimate of drug-likeness (QED) is 0.399. The Morgan fingerprint density at radius 2 is 1.89 bits per heavy atom. The van der Waals surface area contributed by atoms with Crippen LogP contribution in [0.4, 0.5) is 4.39 Å². The second kappa shape index (κ2) is 9.31. The number of benzene rings is 2. The number of halogens is 1. The maximum absolute atomic E-state index is 13.8. The van der Waals surface area contributed by atoms with Gasteiger partial charge in [0.1, 0.15) is 17.3 Å². The van der Waals surface area contributed by atoms with Crippen LogP contribution in [0.5, 0.6) is 0 Å². The molecule has 4 aromatic rings. The Morgan fingerprint density at radius 3 is 2.54 bits per heavy atom. The van der Waals surface area contributed by atoms with E-state index in [9.17, 15) is 14.0 Å². The van der Waals surface area contributed by atoms with Crippen molar-refractivity contribution >= 4 is 29.1 Å². The number of thiazole rings is 1. The minimum Gasteiger partial charge on any atom is -0.463 e. The molecule has 176 valence electrons. The molecule has 0 aliphatic carbocycles. The average molecular weight is 489 g/mol. The van der Waals surface area contributed by atoms with Gasteiger partial charge in [-0.25, -0.2) is 14.2 Å². The summed E-state index contributed by atoms with van der Waals surface area (Å²) in [6.07, 6.45) is 1.66. The highest BCUT2D eigenvalue weighted by molar-refractivity contribution is 7.07. The summed E-state index contributed by atoms with van der Waals surface area (Å²) in [5.41, 5.74) is 1.59. The molecule has 35 heavy (non-hydrogen) atoms. The second-order valence-electron chi connectivity index (χ2n) is 7.93. The van der Waals surface area contributed by atoms with Crippen LogP contribution >= 0.6 is 11.3 Å². The zero-order chi connectivity index (χ0) is 24.5. The van der Waals surface area contributed by atoms with Crippen LogP contribution in [0.1, 0.15) is 35.6 Å². The molecule has 3 heterocycles. The van der Waals surface area contributed by atoms with Crippen LogP contribution in [0.25, 0.3) is 11.8 Å². The lowest BCUT2D eigenvalue weighted by Gasteiger charge is -2.25. The van der Waals surface area contributed by atoms with Crippen molar-refractivity contribution in [3.05, 3.63) is 120 Å². The summed E-state index contributed by atoms with van der Waals surface area (Å²) >= 11 is 1.20. The fourth-order valence-corrected chi connectivity index (χ4v) is 5.04. The molecule has 0 radical (unpaired) electrons. The Balaban J connectivity index is 1.83. The largest absolute Gasteiger partial charge is 0.463 e. The first-order chi connectivity index (χ1) is 17.0. The average Bonchev–Trinajstić information content (AvgIpc) is 3.41. The molecule has 5 rings (SSSR count). The van der Waals surface area contributed by atoms with Crippen molar-refractivity contribution in [3.8, 4) is 0 Å². The van der Waals surface area contributed by atoms with Crippen LogP contribution in [0.2, 0.25) is 0 Å². The normalized spacial score (nSPS) is 15.6. The van der Waals surface area contributed by atoms with E-state index in [2.05, 4.69) is 0 Å². The van der Waals surface area contributed by atoms with Crippen LogP contribution < -0.4 is 14.9 Å². The Morgan fingerprint density at radius 1 is 1.14 bits per heavy atom. The van der Waals surface area contributed by atoms with Crippen molar-refractivity contribution in [2.24, 2.45) is 4.99 Å². The first-order valence-corrected chi connectivity index (χ1v) is 11.9. The third-order valence-electron chi connectivity index (χ3n) is 5.59. The molecule has 0 saturated carbocycles. The summed E-state index contributed by atoms with van der Waals surface area (Å²) in [4.78, 5) is 32.1. The molecule has 0 spiro atoms. The van der Waals surface area contributed by atoms with E-state index in [1.165, 1.54) is 28.0 Å². The van der Waals surface area contributed by atoms with E-state index in [0.29, 0.717) is 31.9 Å². The van der Waals surface area contributed by atoms with Crippen molar-refractivity contribution in [1.82, 2.24) is 4.57 Å². The third kappa shape index (κ3) is 4.28. The lowest BCUT2D eigenvalue weighted by atomic mass is 9.93. The highest BCUT2D eigenvalue weighted by Crippen LogP contribution is 2.35. The molecule has 1 aliphatic heterocycles. The number of aryl methyl sites for hydroxylation is 1. The molecule has 2 aromatic carbocycles. The van der Waals surface area contributed by atoms with Gasteiger partial charge < -0.3 is 9.15 Å². The standard InChI is InChI=1S/C27H21FN2O4S/c1-3-33-26(32)22-23(17-7-5-4-6-8-17)29-27-30(24(22)18-10-12-19(28)13-11-18)25(31)21(35-27)15-20-14-9-16(2)34-20/h4-15,24H,3H2,1-2H3. The number of hydrogen-bond donors (Lipinski definition) is 0. The summed E-state index contributed by atoms with van der Waals surface area (Å²) < 4.78 is 26.7. The van der Waals surface area contributed by atoms with Gasteiger partial charge in [-0.3, -0.25) is 9.36 Å². The van der Waals surface area contributed by atoms with E-state index in [-0.39, 0.29) is 17.7 Å². The highest BCUT2D eigenvalue weighted by Gasteiger charge is 2.35. The van der Waals surface area contributed by atoms with Gasteiger partial charge >= 0.3 is 5.97 Å². The molecular formula is C27H21FN2O4S. The second-order valence-corrected chi connectivity index (χ2v) is 8.94. The number of furan rings is 1. The zero-order valence-electron chi connectivity index (χ0n) is 19.0. The van der Waals surface area contributed by atoms with Crippen molar-refractivity contribution < 1.29 is 18.3 Å². The number of rotatable bonds is 5. The Bertz CT molecular complexity index is 1610. The predicted molar refractivity (Wildman–Crippen MR) is 131 cm³/mol. The van der Waals surface area contributed by atoms with Crippen LogP contribution in [0.3, 0.4) is 0 Å². The molecule has 1 unspecified atom stereocenters. The molecule has 1 atom stereocenters. The van der Waals surface area contributed by atoms with Gasteiger partial charge in [0.05, 0.1) is 28.5 Å². The van der Waals surface area contributed by atoms with E-state index in [1.54, 1.807) is 31.2 Å². The number of fused-ring (bicyclic) bond motifs is 1. The molecular weight excluding hydrogens is 467 g/mol. The molecule has 0 fully saturated rings. The van der Waals surface area contributed by atoms with Crippen molar-refractivity contribution in [1.29, 1.82) is 0 Å². The van der Waals surface area contributed by atoms with Gasteiger partial charge in [0, 0.05) is 11.6 Å². The molecule has 0 saturated heterocycles. The van der Waals surface area contributed by atoms with Crippen LogP contribution in [0.15, 0.2) is 86.5 Å². The lowest BCUT2D eigenvalue weighted by molar-refractivity contribution is -0.138. The number of carbonyl (C=O) groups is 1. The highest BCUT2D eigenvalue weighted by atomic mass is 32.1. The molecule has 1 aliphatic rings. The van der Waals surface area contributed by atoms with Crippen LogP contribution in [-0.2, 0) is 9.53 Å². The molecule has 2 aromatic heterocycles. The van der Waals surface area contributed by atoms with Gasteiger partial charge in [0.15, 0.2) is 4.80 Å². The van der Waals surface area contributed by atoms with E-state index >= 15 is 0 Å². The Labute approximate surface area is 203 Å². The first kappa shape index (κ1) is 22.7. The number of esters is 1. The van der Waals surface area contributed by atoms with Gasteiger partial charge in [-0.1, -0.05) is 53.8 Å². The summed E-state index contributed by atoms with van der Waals surface area (Å²) in [5.74, 6) is 0.267. The van der Waals surface area contributed by atoms with Gasteiger partial charge in [0.2, 0.25) is 0 Å². The molecule has 8 heteroatoms. The number of nitrogens with zero attached hydrogens (tertiary/aromatic N) is 2. The van der Waals surface area contributed by atoms with Crippen molar-refractivity contribution in [2.45, 2.75) is 19.9 Å². The monoisotopic (exact) mass is 488 g/mol. The number of ether oxygens (including phenoxy) is 1. The minimum atomic E-state index is -0.846. The number of aromatic nitrogens is 1. The fraction of sp³-hybridized carbons (Fsp3) is 0.148. The van der Waals surface area contributed by atoms with Gasteiger partial charge in [0.25, 0.3) is 5.56 Å². The minimum absolute atomic E-state index is 0.156. The predicted octanol–water partition coefficient (Wildman–Crippen LogP) is 3.98. The lowest BCUT2D eigenvalue weighted by Crippen LogP contribution is -2.40. The molecule has 0 N–H and O–H groups in total. The van der Waals surface area contributed by atoms with Crippen LogP contribution in [-0.4, -0.2) is 17.1 Å². The topological polar surface area (TPSA) is 73.8 Å².